The molecule has 6 heteroatoms. The van der Waals surface area contributed by atoms with Crippen LogP contribution in [0.5, 0.6) is 17.2 Å². The summed E-state index contributed by atoms with van der Waals surface area (Å²) >= 11 is 0. The number of unbranched alkanes of at least 4 members (excludes halogenated alkanes) is 1. The average molecular weight is 475 g/mol. The third kappa shape index (κ3) is 7.34. The second-order valence-corrected chi connectivity index (χ2v) is 8.71. The molecule has 6 nitrogen and oxygen atoms in total. The van der Waals surface area contributed by atoms with Crippen LogP contribution >= 0.6 is 0 Å². The van der Waals surface area contributed by atoms with Crippen LogP contribution in [0, 0.1) is 0 Å². The number of benzene rings is 3. The summed E-state index contributed by atoms with van der Waals surface area (Å²) in [6, 6.07) is 23.7. The lowest BCUT2D eigenvalue weighted by Crippen LogP contribution is -2.24. The van der Waals surface area contributed by atoms with Crippen LogP contribution in [0.15, 0.2) is 77.9 Å². The van der Waals surface area contributed by atoms with Gasteiger partial charge in [-0.15, -0.1) is 0 Å². The molecule has 0 radical (unpaired) electrons. The van der Waals surface area contributed by atoms with Crippen molar-refractivity contribution in [2.75, 3.05) is 20.3 Å². The van der Waals surface area contributed by atoms with Gasteiger partial charge in [0.15, 0.2) is 18.1 Å². The normalized spacial score (nSPS) is 11.3. The number of hydrogen-bond donors (Lipinski definition) is 1. The number of nitrogens with one attached hydrogen (secondary N) is 1. The highest BCUT2D eigenvalue weighted by molar-refractivity contribution is 5.83. The second kappa shape index (κ2) is 12.6. The Morgan fingerprint density at radius 1 is 0.943 bits per heavy atom. The Morgan fingerprint density at radius 3 is 2.34 bits per heavy atom. The van der Waals surface area contributed by atoms with Crippen LogP contribution in [0.2, 0.25) is 0 Å². The Labute approximate surface area is 207 Å². The first-order valence-corrected chi connectivity index (χ1v) is 11.9. The fourth-order valence-corrected chi connectivity index (χ4v) is 3.56. The number of methoxy groups -OCH3 is 1. The van der Waals surface area contributed by atoms with Crippen LogP contribution < -0.4 is 19.6 Å². The van der Waals surface area contributed by atoms with Crippen molar-refractivity contribution in [1.82, 2.24) is 5.43 Å². The largest absolute Gasteiger partial charge is 0.493 e. The van der Waals surface area contributed by atoms with Gasteiger partial charge >= 0.3 is 0 Å². The number of hydrogen-bond acceptors (Lipinski definition) is 5. The van der Waals surface area contributed by atoms with Gasteiger partial charge in [-0.1, -0.05) is 69.7 Å². The molecule has 1 amide bonds. The van der Waals surface area contributed by atoms with Crippen LogP contribution in [0.3, 0.4) is 0 Å². The summed E-state index contributed by atoms with van der Waals surface area (Å²) < 4.78 is 16.7. The van der Waals surface area contributed by atoms with E-state index in [1.165, 1.54) is 11.1 Å². The summed E-state index contributed by atoms with van der Waals surface area (Å²) in [5, 5.41) is 4.01. The molecule has 0 heterocycles. The fraction of sp³-hybridized carbons (Fsp3) is 0.310. The zero-order chi connectivity index (χ0) is 25.1. The topological polar surface area (TPSA) is 69.2 Å². The molecule has 0 aliphatic carbocycles. The molecule has 0 aliphatic rings. The lowest BCUT2D eigenvalue weighted by atomic mass is 9.78. The van der Waals surface area contributed by atoms with Crippen molar-refractivity contribution in [2.45, 2.75) is 39.0 Å². The molecular weight excluding hydrogens is 440 g/mol. The van der Waals surface area contributed by atoms with Crippen molar-refractivity contribution < 1.29 is 19.0 Å². The summed E-state index contributed by atoms with van der Waals surface area (Å²) in [5.74, 6) is 1.59. The Bertz CT molecular complexity index is 1110. The molecule has 3 rings (SSSR count). The molecule has 0 fully saturated rings. The molecule has 3 aromatic carbocycles. The Hall–Kier alpha value is -3.80. The van der Waals surface area contributed by atoms with Crippen LogP contribution in [0.1, 0.15) is 50.3 Å². The van der Waals surface area contributed by atoms with Crippen LogP contribution in [0.25, 0.3) is 0 Å². The molecule has 0 bridgehead atoms. The van der Waals surface area contributed by atoms with Gasteiger partial charge in [0.05, 0.1) is 19.9 Å². The Kier molecular flexibility index (Phi) is 9.30. The van der Waals surface area contributed by atoms with Gasteiger partial charge in [-0.3, -0.25) is 4.79 Å². The number of nitrogens with zero attached hydrogens (tertiary/aromatic N) is 1. The first kappa shape index (κ1) is 25.8. The van der Waals surface area contributed by atoms with Crippen LogP contribution in [-0.2, 0) is 10.2 Å². The van der Waals surface area contributed by atoms with Gasteiger partial charge in [0.2, 0.25) is 0 Å². The van der Waals surface area contributed by atoms with Crippen molar-refractivity contribution >= 4 is 12.1 Å². The van der Waals surface area contributed by atoms with Crippen molar-refractivity contribution in [3.63, 3.8) is 0 Å². The van der Waals surface area contributed by atoms with Gasteiger partial charge < -0.3 is 14.2 Å². The minimum atomic E-state index is -0.346. The van der Waals surface area contributed by atoms with E-state index in [0.717, 1.165) is 18.4 Å². The second-order valence-electron chi connectivity index (χ2n) is 8.71. The fourth-order valence-electron chi connectivity index (χ4n) is 3.56. The maximum Gasteiger partial charge on any atom is 0.277 e. The van der Waals surface area contributed by atoms with E-state index in [2.05, 4.69) is 43.4 Å². The first-order valence-electron chi connectivity index (χ1n) is 11.9. The van der Waals surface area contributed by atoms with E-state index in [0.29, 0.717) is 23.9 Å². The SMILES string of the molecule is CCCCOc1ccc(C=NNC(=O)COc2ccc(C(C)(C)c3ccccc3)cc2)cc1OC. The highest BCUT2D eigenvalue weighted by Crippen LogP contribution is 2.32. The molecule has 3 aromatic rings. The predicted octanol–water partition coefficient (Wildman–Crippen LogP) is 5.73. The van der Waals surface area contributed by atoms with Gasteiger partial charge in [-0.05, 0) is 53.4 Å². The lowest BCUT2D eigenvalue weighted by Gasteiger charge is -2.26. The minimum Gasteiger partial charge on any atom is -0.493 e. The number of rotatable bonds is 12. The zero-order valence-electron chi connectivity index (χ0n) is 20.9. The quantitative estimate of drug-likeness (QED) is 0.207. The summed E-state index contributed by atoms with van der Waals surface area (Å²) in [7, 11) is 1.59. The van der Waals surface area contributed by atoms with Gasteiger partial charge in [0.1, 0.15) is 5.75 Å². The number of hydrazone groups is 1. The summed E-state index contributed by atoms with van der Waals surface area (Å²) in [6.45, 7) is 7.00. The van der Waals surface area contributed by atoms with E-state index >= 15 is 0 Å². The number of ether oxygens (including phenoxy) is 3. The summed E-state index contributed by atoms with van der Waals surface area (Å²) in [4.78, 5) is 12.1. The van der Waals surface area contributed by atoms with Gasteiger partial charge in [0.25, 0.3) is 5.91 Å². The molecule has 0 atom stereocenters. The number of carbonyl (C=O) groups excluding carboxylic acids is 1. The lowest BCUT2D eigenvalue weighted by molar-refractivity contribution is -0.123. The van der Waals surface area contributed by atoms with E-state index in [1.807, 2.05) is 60.7 Å². The Morgan fingerprint density at radius 2 is 1.66 bits per heavy atom. The van der Waals surface area contributed by atoms with E-state index in [-0.39, 0.29) is 17.9 Å². The van der Waals surface area contributed by atoms with Gasteiger partial charge in [-0.2, -0.15) is 5.10 Å². The highest BCUT2D eigenvalue weighted by atomic mass is 16.5. The molecular formula is C29H34N2O4. The van der Waals surface area contributed by atoms with Crippen molar-refractivity contribution in [1.29, 1.82) is 0 Å². The van der Waals surface area contributed by atoms with Gasteiger partial charge in [-0.25, -0.2) is 5.43 Å². The monoisotopic (exact) mass is 474 g/mol. The van der Waals surface area contributed by atoms with Crippen LogP contribution in [-0.4, -0.2) is 32.4 Å². The number of amides is 1. The summed E-state index contributed by atoms with van der Waals surface area (Å²) in [5.41, 5.74) is 5.54. The third-order valence-electron chi connectivity index (χ3n) is 5.79. The molecule has 35 heavy (non-hydrogen) atoms. The van der Waals surface area contributed by atoms with E-state index < -0.39 is 0 Å². The van der Waals surface area contributed by atoms with Crippen molar-refractivity contribution in [3.8, 4) is 17.2 Å². The molecule has 0 saturated heterocycles. The highest BCUT2D eigenvalue weighted by Gasteiger charge is 2.22. The van der Waals surface area contributed by atoms with Gasteiger partial charge in [0, 0.05) is 5.41 Å². The van der Waals surface area contributed by atoms with Crippen LogP contribution in [0.4, 0.5) is 0 Å². The maximum atomic E-state index is 12.1. The average Bonchev–Trinajstić information content (AvgIpc) is 2.89. The molecule has 0 unspecified atom stereocenters. The van der Waals surface area contributed by atoms with E-state index in [9.17, 15) is 4.79 Å². The summed E-state index contributed by atoms with van der Waals surface area (Å²) in [6.07, 6.45) is 3.60. The molecule has 0 spiro atoms. The third-order valence-corrected chi connectivity index (χ3v) is 5.79. The molecule has 0 saturated carbocycles. The molecule has 1 N–H and O–H groups in total. The Balaban J connectivity index is 1.50. The number of carbonyl (C=O) groups is 1. The minimum absolute atomic E-state index is 0.131. The van der Waals surface area contributed by atoms with Crippen molar-refractivity contribution in [3.05, 3.63) is 89.5 Å². The molecule has 0 aromatic heterocycles. The van der Waals surface area contributed by atoms with Crippen molar-refractivity contribution in [2.24, 2.45) is 5.10 Å². The molecule has 0 aliphatic heterocycles. The zero-order valence-corrected chi connectivity index (χ0v) is 20.9. The molecule has 184 valence electrons. The maximum absolute atomic E-state index is 12.1. The van der Waals surface area contributed by atoms with E-state index in [4.69, 9.17) is 14.2 Å². The smallest absolute Gasteiger partial charge is 0.277 e. The van der Waals surface area contributed by atoms with E-state index in [1.54, 1.807) is 13.3 Å². The predicted molar refractivity (Wildman–Crippen MR) is 140 cm³/mol. The standard InChI is InChI=1S/C29H34N2O4/c1-5-6-18-34-26-17-12-22(19-27(26)33-4)20-30-31-28(32)21-35-25-15-13-24(14-16-25)29(2,3)23-10-8-7-9-11-23/h7-17,19-20H,5-6,18,21H2,1-4H3,(H,31,32). The first-order chi connectivity index (χ1) is 16.9.